The Labute approximate surface area is 130 Å². The highest BCUT2D eigenvalue weighted by Crippen LogP contribution is 2.31. The number of fused-ring (bicyclic) bond motifs is 1. The van der Waals surface area contributed by atoms with Crippen LogP contribution < -0.4 is 10.1 Å². The topological polar surface area (TPSA) is 67.3 Å². The van der Waals surface area contributed by atoms with Crippen molar-refractivity contribution in [3.8, 4) is 11.5 Å². The predicted octanol–water partition coefficient (Wildman–Crippen LogP) is 3.67. The largest absolute Gasteiger partial charge is 0.504 e. The summed E-state index contributed by atoms with van der Waals surface area (Å²) in [6, 6.07) is 8.83. The summed E-state index contributed by atoms with van der Waals surface area (Å²) < 4.78 is 13.5. The van der Waals surface area contributed by atoms with Crippen LogP contribution in [-0.4, -0.2) is 21.0 Å². The number of halogens is 1. The summed E-state index contributed by atoms with van der Waals surface area (Å²) in [4.78, 5) is 0. The van der Waals surface area contributed by atoms with Gasteiger partial charge in [0.25, 0.3) is 0 Å². The van der Waals surface area contributed by atoms with Crippen molar-refractivity contribution >= 4 is 40.0 Å². The molecule has 0 radical (unpaired) electrons. The van der Waals surface area contributed by atoms with E-state index in [0.29, 0.717) is 17.3 Å². The van der Waals surface area contributed by atoms with E-state index in [4.69, 9.17) is 16.3 Å². The molecule has 0 saturated heterocycles. The van der Waals surface area contributed by atoms with Crippen molar-refractivity contribution in [2.75, 3.05) is 12.4 Å². The van der Waals surface area contributed by atoms with Gasteiger partial charge in [-0.1, -0.05) is 17.7 Å². The van der Waals surface area contributed by atoms with Gasteiger partial charge in [-0.05, 0) is 29.8 Å². The van der Waals surface area contributed by atoms with E-state index in [1.807, 2.05) is 12.1 Å². The zero-order valence-electron chi connectivity index (χ0n) is 11.1. The molecule has 1 heterocycles. The molecule has 0 amide bonds. The molecule has 0 bridgehead atoms. The number of aromatic nitrogens is 2. The molecule has 0 aliphatic carbocycles. The van der Waals surface area contributed by atoms with Crippen LogP contribution in [0, 0.1) is 0 Å². The van der Waals surface area contributed by atoms with Crippen molar-refractivity contribution in [1.29, 1.82) is 0 Å². The summed E-state index contributed by atoms with van der Waals surface area (Å²) in [6.07, 6.45) is 0. The molecular formula is C14H12ClN3O2S. The molecule has 3 rings (SSSR count). The Kier molecular flexibility index (Phi) is 3.81. The van der Waals surface area contributed by atoms with Gasteiger partial charge >= 0.3 is 0 Å². The minimum Gasteiger partial charge on any atom is -0.504 e. The third-order valence-corrected chi connectivity index (χ3v) is 3.95. The summed E-state index contributed by atoms with van der Waals surface area (Å²) in [6.45, 7) is 0.535. The van der Waals surface area contributed by atoms with Gasteiger partial charge in [-0.3, -0.25) is 0 Å². The second kappa shape index (κ2) is 5.75. The highest BCUT2D eigenvalue weighted by molar-refractivity contribution is 7.00. The van der Waals surface area contributed by atoms with Gasteiger partial charge in [-0.15, -0.1) is 0 Å². The van der Waals surface area contributed by atoms with E-state index in [1.165, 1.54) is 7.11 Å². The van der Waals surface area contributed by atoms with E-state index < -0.39 is 0 Å². The summed E-state index contributed by atoms with van der Waals surface area (Å²) in [5.74, 6) is 0.555. The van der Waals surface area contributed by atoms with Crippen LogP contribution in [-0.2, 0) is 6.54 Å². The van der Waals surface area contributed by atoms with Gasteiger partial charge in [-0.2, -0.15) is 8.75 Å². The molecule has 5 nitrogen and oxygen atoms in total. The van der Waals surface area contributed by atoms with Gasteiger partial charge in [0.15, 0.2) is 11.5 Å². The molecule has 0 aliphatic heterocycles. The Morgan fingerprint density at radius 1 is 1.29 bits per heavy atom. The van der Waals surface area contributed by atoms with Crippen molar-refractivity contribution in [3.05, 3.63) is 40.9 Å². The molecule has 0 spiro atoms. The molecule has 108 valence electrons. The first-order valence-corrected chi connectivity index (χ1v) is 7.30. The number of phenols is 1. The van der Waals surface area contributed by atoms with E-state index in [0.717, 1.165) is 34.0 Å². The maximum Gasteiger partial charge on any atom is 0.160 e. The van der Waals surface area contributed by atoms with Gasteiger partial charge in [0.1, 0.15) is 11.0 Å². The number of benzene rings is 2. The van der Waals surface area contributed by atoms with Crippen LogP contribution in [0.1, 0.15) is 5.56 Å². The average molecular weight is 322 g/mol. The number of methoxy groups -OCH3 is 1. The minimum absolute atomic E-state index is 0.116. The van der Waals surface area contributed by atoms with Crippen LogP contribution in [0.2, 0.25) is 5.02 Å². The maximum absolute atomic E-state index is 9.59. The molecule has 21 heavy (non-hydrogen) atoms. The Balaban J connectivity index is 1.86. The lowest BCUT2D eigenvalue weighted by molar-refractivity contribution is 0.373. The van der Waals surface area contributed by atoms with E-state index in [2.05, 4.69) is 14.1 Å². The van der Waals surface area contributed by atoms with Gasteiger partial charge in [0.2, 0.25) is 0 Å². The van der Waals surface area contributed by atoms with Crippen LogP contribution in [0.4, 0.5) is 5.69 Å². The molecule has 0 saturated carbocycles. The highest BCUT2D eigenvalue weighted by atomic mass is 35.5. The first kappa shape index (κ1) is 13.9. The number of anilines is 1. The summed E-state index contributed by atoms with van der Waals surface area (Å²) in [5.41, 5.74) is 3.30. The Morgan fingerprint density at radius 2 is 2.14 bits per heavy atom. The summed E-state index contributed by atoms with van der Waals surface area (Å²) >= 11 is 7.37. The molecule has 0 unspecified atom stereocenters. The third kappa shape index (κ3) is 2.72. The number of nitrogens with one attached hydrogen (secondary N) is 1. The van der Waals surface area contributed by atoms with Crippen molar-refractivity contribution in [1.82, 2.24) is 8.75 Å². The fraction of sp³-hybridized carbons (Fsp3) is 0.143. The van der Waals surface area contributed by atoms with E-state index >= 15 is 0 Å². The lowest BCUT2D eigenvalue weighted by Crippen LogP contribution is -2.01. The van der Waals surface area contributed by atoms with E-state index in [-0.39, 0.29) is 5.75 Å². The van der Waals surface area contributed by atoms with Crippen molar-refractivity contribution < 1.29 is 9.84 Å². The number of phenolic OH excluding ortho intramolecular Hbond substituents is 1. The molecule has 7 heteroatoms. The normalized spacial score (nSPS) is 10.8. The fourth-order valence-electron chi connectivity index (χ4n) is 2.02. The number of rotatable bonds is 4. The van der Waals surface area contributed by atoms with Crippen LogP contribution in [0.3, 0.4) is 0 Å². The molecule has 2 N–H and O–H groups in total. The number of aromatic hydroxyl groups is 1. The quantitative estimate of drug-likeness (QED) is 0.767. The number of hydrogen-bond acceptors (Lipinski definition) is 6. The first-order valence-electron chi connectivity index (χ1n) is 6.19. The first-order chi connectivity index (χ1) is 10.2. The predicted molar refractivity (Wildman–Crippen MR) is 84.4 cm³/mol. The lowest BCUT2D eigenvalue weighted by atomic mass is 10.2. The van der Waals surface area contributed by atoms with Crippen molar-refractivity contribution in [2.45, 2.75) is 6.54 Å². The summed E-state index contributed by atoms with van der Waals surface area (Å²) in [5, 5.41) is 13.5. The van der Waals surface area contributed by atoms with E-state index in [1.54, 1.807) is 18.2 Å². The fourth-order valence-corrected chi connectivity index (χ4v) is 2.78. The van der Waals surface area contributed by atoms with Gasteiger partial charge in [0.05, 0.1) is 29.5 Å². The monoisotopic (exact) mass is 321 g/mol. The van der Waals surface area contributed by atoms with Gasteiger partial charge in [-0.25, -0.2) is 0 Å². The molecule has 1 aromatic heterocycles. The number of hydrogen-bond donors (Lipinski definition) is 2. The van der Waals surface area contributed by atoms with Gasteiger partial charge in [0, 0.05) is 6.54 Å². The van der Waals surface area contributed by atoms with Crippen LogP contribution >= 0.6 is 23.3 Å². The highest BCUT2D eigenvalue weighted by Gasteiger charge is 2.10. The SMILES string of the molecule is COc1cc(CNc2c(Cl)ccc3nsnc23)ccc1O. The zero-order valence-corrected chi connectivity index (χ0v) is 12.7. The molecule has 0 aliphatic rings. The Hall–Kier alpha value is -2.05. The second-order valence-electron chi connectivity index (χ2n) is 4.41. The van der Waals surface area contributed by atoms with Crippen LogP contribution in [0.25, 0.3) is 11.0 Å². The maximum atomic E-state index is 9.59. The third-order valence-electron chi connectivity index (χ3n) is 3.09. The Bertz CT molecular complexity index is 791. The standard InChI is InChI=1S/C14H12ClN3O2S/c1-20-12-6-8(2-5-11(12)19)7-16-13-9(15)3-4-10-14(13)18-21-17-10/h2-6,16,19H,7H2,1H3. The van der Waals surface area contributed by atoms with E-state index in [9.17, 15) is 5.11 Å². The molecule has 0 atom stereocenters. The smallest absolute Gasteiger partial charge is 0.160 e. The molecular weight excluding hydrogens is 310 g/mol. The second-order valence-corrected chi connectivity index (χ2v) is 5.35. The number of nitrogens with zero attached hydrogens (tertiary/aromatic N) is 2. The van der Waals surface area contributed by atoms with Gasteiger partial charge < -0.3 is 15.2 Å². The summed E-state index contributed by atoms with van der Waals surface area (Å²) in [7, 11) is 1.52. The van der Waals surface area contributed by atoms with Crippen molar-refractivity contribution in [2.24, 2.45) is 0 Å². The molecule has 3 aromatic rings. The molecule has 0 fully saturated rings. The zero-order chi connectivity index (χ0) is 14.8. The number of ether oxygens (including phenoxy) is 1. The lowest BCUT2D eigenvalue weighted by Gasteiger charge is -2.10. The minimum atomic E-state index is 0.116. The molecule has 2 aromatic carbocycles. The van der Waals surface area contributed by atoms with Crippen molar-refractivity contribution in [3.63, 3.8) is 0 Å². The van der Waals surface area contributed by atoms with Crippen LogP contribution in [0.5, 0.6) is 11.5 Å². The Morgan fingerprint density at radius 3 is 2.95 bits per heavy atom. The van der Waals surface area contributed by atoms with Crippen LogP contribution in [0.15, 0.2) is 30.3 Å². The average Bonchev–Trinajstić information content (AvgIpc) is 2.96.